The van der Waals surface area contributed by atoms with E-state index in [0.717, 1.165) is 22.0 Å². The minimum absolute atomic E-state index is 0.280. The second kappa shape index (κ2) is 5.21. The highest BCUT2D eigenvalue weighted by Gasteiger charge is 2.08. The molecule has 20 heavy (non-hydrogen) atoms. The third-order valence-corrected chi connectivity index (χ3v) is 3.26. The molecule has 0 radical (unpaired) electrons. The Bertz CT molecular complexity index is 758. The number of H-pyrrole nitrogens is 1. The maximum absolute atomic E-state index is 11.8. The van der Waals surface area contributed by atoms with Crippen molar-refractivity contribution in [1.29, 1.82) is 0 Å². The summed E-state index contributed by atoms with van der Waals surface area (Å²) in [6, 6.07) is 15.7. The lowest BCUT2D eigenvalue weighted by atomic mass is 10.0. The van der Waals surface area contributed by atoms with Crippen LogP contribution in [0.3, 0.4) is 0 Å². The minimum Gasteiger partial charge on any atom is -0.462 e. The lowest BCUT2D eigenvalue weighted by molar-refractivity contribution is 0.0526. The fraction of sp³-hybridized carbons (Fsp3) is 0.118. The summed E-state index contributed by atoms with van der Waals surface area (Å²) in [6.45, 7) is 2.19. The lowest BCUT2D eigenvalue weighted by Gasteiger charge is -2.06. The molecule has 0 spiro atoms. The highest BCUT2D eigenvalue weighted by atomic mass is 16.5. The molecule has 2 aromatic carbocycles. The number of benzene rings is 2. The monoisotopic (exact) mass is 265 g/mol. The largest absolute Gasteiger partial charge is 0.462 e. The van der Waals surface area contributed by atoms with Gasteiger partial charge in [-0.25, -0.2) is 4.79 Å². The van der Waals surface area contributed by atoms with Crippen molar-refractivity contribution in [1.82, 2.24) is 4.98 Å². The predicted molar refractivity (Wildman–Crippen MR) is 79.7 cm³/mol. The normalized spacial score (nSPS) is 10.7. The van der Waals surface area contributed by atoms with Crippen LogP contribution in [0, 0.1) is 0 Å². The second-order valence-corrected chi connectivity index (χ2v) is 4.58. The molecule has 0 aliphatic rings. The first-order chi connectivity index (χ1) is 9.78. The van der Waals surface area contributed by atoms with Crippen molar-refractivity contribution in [2.24, 2.45) is 0 Å². The molecular formula is C17H15NO2. The van der Waals surface area contributed by atoms with Crippen LogP contribution in [0.1, 0.15) is 17.3 Å². The van der Waals surface area contributed by atoms with Crippen LogP contribution in [-0.2, 0) is 4.74 Å². The number of carbonyl (C=O) groups is 1. The molecule has 1 heterocycles. The summed E-state index contributed by atoms with van der Waals surface area (Å²) < 4.78 is 5.03. The Morgan fingerprint density at radius 3 is 2.80 bits per heavy atom. The van der Waals surface area contributed by atoms with Gasteiger partial charge in [0.25, 0.3) is 0 Å². The molecule has 0 bridgehead atoms. The van der Waals surface area contributed by atoms with E-state index in [1.54, 1.807) is 6.07 Å². The topological polar surface area (TPSA) is 42.1 Å². The molecule has 100 valence electrons. The van der Waals surface area contributed by atoms with Gasteiger partial charge in [-0.3, -0.25) is 0 Å². The third-order valence-electron chi connectivity index (χ3n) is 3.26. The first-order valence-electron chi connectivity index (χ1n) is 6.62. The lowest BCUT2D eigenvalue weighted by Crippen LogP contribution is -2.04. The van der Waals surface area contributed by atoms with E-state index in [2.05, 4.69) is 11.1 Å². The maximum atomic E-state index is 11.8. The van der Waals surface area contributed by atoms with Gasteiger partial charge in [-0.2, -0.15) is 0 Å². The Morgan fingerprint density at radius 2 is 1.95 bits per heavy atom. The second-order valence-electron chi connectivity index (χ2n) is 4.58. The van der Waals surface area contributed by atoms with Crippen molar-refractivity contribution in [3.05, 3.63) is 60.3 Å². The van der Waals surface area contributed by atoms with Crippen LogP contribution in [0.2, 0.25) is 0 Å². The number of hydrogen-bond acceptors (Lipinski definition) is 2. The first kappa shape index (κ1) is 12.5. The molecule has 0 saturated heterocycles. The number of carbonyl (C=O) groups excluding carboxylic acids is 1. The van der Waals surface area contributed by atoms with Gasteiger partial charge >= 0.3 is 5.97 Å². The van der Waals surface area contributed by atoms with Crippen LogP contribution in [-0.4, -0.2) is 17.6 Å². The molecule has 0 amide bonds. The van der Waals surface area contributed by atoms with Crippen molar-refractivity contribution in [2.75, 3.05) is 6.61 Å². The molecule has 3 aromatic rings. The molecule has 0 atom stereocenters. The Kier molecular flexibility index (Phi) is 3.25. The Balaban J connectivity index is 2.00. The first-order valence-corrected chi connectivity index (χ1v) is 6.62. The van der Waals surface area contributed by atoms with E-state index in [-0.39, 0.29) is 5.97 Å². The summed E-state index contributed by atoms with van der Waals surface area (Å²) in [6.07, 6.45) is 1.92. The zero-order chi connectivity index (χ0) is 13.9. The molecule has 3 nitrogen and oxygen atoms in total. The van der Waals surface area contributed by atoms with Crippen LogP contribution in [0.5, 0.6) is 0 Å². The standard InChI is InChI=1S/C17H15NO2/c1-2-20-17(19)15-5-3-4-12(11-15)13-6-7-16-14(10-13)8-9-18-16/h3-11,18H,2H2,1H3. The van der Waals surface area contributed by atoms with Crippen LogP contribution in [0.4, 0.5) is 0 Å². The van der Waals surface area contributed by atoms with Crippen molar-refractivity contribution in [3.8, 4) is 11.1 Å². The van der Waals surface area contributed by atoms with Gasteiger partial charge in [-0.1, -0.05) is 18.2 Å². The molecule has 0 unspecified atom stereocenters. The molecule has 0 aliphatic heterocycles. The van der Waals surface area contributed by atoms with E-state index in [1.165, 1.54) is 0 Å². The van der Waals surface area contributed by atoms with E-state index in [4.69, 9.17) is 4.74 Å². The van der Waals surface area contributed by atoms with E-state index in [0.29, 0.717) is 12.2 Å². The predicted octanol–water partition coefficient (Wildman–Crippen LogP) is 4.01. The highest BCUT2D eigenvalue weighted by molar-refractivity contribution is 5.92. The van der Waals surface area contributed by atoms with E-state index in [1.807, 2.05) is 49.5 Å². The van der Waals surface area contributed by atoms with Crippen molar-refractivity contribution < 1.29 is 9.53 Å². The van der Waals surface area contributed by atoms with Crippen molar-refractivity contribution in [2.45, 2.75) is 6.92 Å². The Hall–Kier alpha value is -2.55. The van der Waals surface area contributed by atoms with Gasteiger partial charge in [0, 0.05) is 11.7 Å². The van der Waals surface area contributed by atoms with E-state index >= 15 is 0 Å². The van der Waals surface area contributed by atoms with E-state index < -0.39 is 0 Å². The van der Waals surface area contributed by atoms with Crippen LogP contribution in [0.25, 0.3) is 22.0 Å². The molecule has 3 heteroatoms. The summed E-state index contributed by atoms with van der Waals surface area (Å²) in [5, 5.41) is 1.16. The van der Waals surface area contributed by atoms with Gasteiger partial charge in [-0.05, 0) is 53.8 Å². The molecule has 0 fully saturated rings. The molecule has 1 N–H and O–H groups in total. The summed E-state index contributed by atoms with van der Waals surface area (Å²) >= 11 is 0. The third kappa shape index (κ3) is 2.30. The molecular weight excluding hydrogens is 250 g/mol. The fourth-order valence-electron chi connectivity index (χ4n) is 2.27. The Labute approximate surface area is 117 Å². The van der Waals surface area contributed by atoms with Gasteiger partial charge < -0.3 is 9.72 Å². The van der Waals surface area contributed by atoms with Crippen LogP contribution in [0.15, 0.2) is 54.7 Å². The zero-order valence-corrected chi connectivity index (χ0v) is 11.2. The number of nitrogens with one attached hydrogen (secondary N) is 1. The van der Waals surface area contributed by atoms with Gasteiger partial charge in [0.05, 0.1) is 12.2 Å². The quantitative estimate of drug-likeness (QED) is 0.727. The number of aromatic nitrogens is 1. The van der Waals surface area contributed by atoms with Gasteiger partial charge in [-0.15, -0.1) is 0 Å². The minimum atomic E-state index is -0.280. The molecule has 3 rings (SSSR count). The summed E-state index contributed by atoms with van der Waals surface area (Å²) in [5.74, 6) is -0.280. The number of fused-ring (bicyclic) bond motifs is 1. The number of ether oxygens (including phenoxy) is 1. The molecule has 0 saturated carbocycles. The van der Waals surface area contributed by atoms with Crippen molar-refractivity contribution in [3.63, 3.8) is 0 Å². The van der Waals surface area contributed by atoms with Crippen LogP contribution >= 0.6 is 0 Å². The number of esters is 1. The number of hydrogen-bond donors (Lipinski definition) is 1. The van der Waals surface area contributed by atoms with Gasteiger partial charge in [0.1, 0.15) is 0 Å². The number of rotatable bonds is 3. The Morgan fingerprint density at radius 1 is 1.10 bits per heavy atom. The van der Waals surface area contributed by atoms with Crippen LogP contribution < -0.4 is 0 Å². The molecule has 1 aromatic heterocycles. The van der Waals surface area contributed by atoms with E-state index in [9.17, 15) is 4.79 Å². The maximum Gasteiger partial charge on any atom is 0.338 e. The van der Waals surface area contributed by atoms with Gasteiger partial charge in [0.15, 0.2) is 0 Å². The average molecular weight is 265 g/mol. The number of aromatic amines is 1. The van der Waals surface area contributed by atoms with Gasteiger partial charge in [0.2, 0.25) is 0 Å². The SMILES string of the molecule is CCOC(=O)c1cccc(-c2ccc3[nH]ccc3c2)c1. The molecule has 0 aliphatic carbocycles. The van der Waals surface area contributed by atoms with Crippen molar-refractivity contribution >= 4 is 16.9 Å². The highest BCUT2D eigenvalue weighted by Crippen LogP contribution is 2.24. The summed E-state index contributed by atoms with van der Waals surface area (Å²) in [4.78, 5) is 14.9. The summed E-state index contributed by atoms with van der Waals surface area (Å²) in [7, 11) is 0. The zero-order valence-electron chi connectivity index (χ0n) is 11.2. The average Bonchev–Trinajstić information content (AvgIpc) is 2.95. The summed E-state index contributed by atoms with van der Waals surface area (Å²) in [5.41, 5.74) is 3.79. The smallest absolute Gasteiger partial charge is 0.338 e. The fourth-order valence-corrected chi connectivity index (χ4v) is 2.27.